The van der Waals surface area contributed by atoms with Gasteiger partial charge < -0.3 is 4.74 Å². The van der Waals surface area contributed by atoms with Gasteiger partial charge in [-0.3, -0.25) is 10.2 Å². The molecule has 2 aromatic rings. The molecule has 0 saturated carbocycles. The summed E-state index contributed by atoms with van der Waals surface area (Å²) in [5.74, 6) is 0. The zero-order valence-electron chi connectivity index (χ0n) is 13.4. The van der Waals surface area contributed by atoms with Gasteiger partial charge in [-0.15, -0.1) is 0 Å². The van der Waals surface area contributed by atoms with E-state index in [9.17, 15) is 4.79 Å². The largest absolute Gasteiger partial charge is 0.444 e. The van der Waals surface area contributed by atoms with E-state index in [1.165, 1.54) is 18.4 Å². The van der Waals surface area contributed by atoms with E-state index in [-0.39, 0.29) is 6.61 Å². The Kier molecular flexibility index (Phi) is 4.93. The number of hydrogen-bond donors (Lipinski definition) is 1. The number of anilines is 1. The molecule has 1 saturated heterocycles. The SMILES string of the molecule is CN1CCCC1c1ccc(NC(=O)OCc2ccccc2)cc1. The third-order valence-electron chi connectivity index (χ3n) is 4.28. The second-order valence-corrected chi connectivity index (χ2v) is 5.95. The van der Waals surface area contributed by atoms with Crippen molar-refractivity contribution in [2.75, 3.05) is 18.9 Å². The molecule has 4 nitrogen and oxygen atoms in total. The Balaban J connectivity index is 1.52. The van der Waals surface area contributed by atoms with Gasteiger partial charge in [0.1, 0.15) is 6.61 Å². The molecule has 120 valence electrons. The van der Waals surface area contributed by atoms with Crippen LogP contribution < -0.4 is 5.32 Å². The summed E-state index contributed by atoms with van der Waals surface area (Å²) >= 11 is 0. The smallest absolute Gasteiger partial charge is 0.411 e. The Morgan fingerprint density at radius 3 is 2.57 bits per heavy atom. The fourth-order valence-electron chi connectivity index (χ4n) is 3.00. The molecule has 0 spiro atoms. The predicted octanol–water partition coefficient (Wildman–Crippen LogP) is 4.20. The summed E-state index contributed by atoms with van der Waals surface area (Å²) < 4.78 is 5.22. The van der Waals surface area contributed by atoms with Crippen molar-refractivity contribution in [2.45, 2.75) is 25.5 Å². The maximum Gasteiger partial charge on any atom is 0.411 e. The van der Waals surface area contributed by atoms with Crippen molar-refractivity contribution in [3.05, 3.63) is 65.7 Å². The van der Waals surface area contributed by atoms with E-state index in [0.29, 0.717) is 6.04 Å². The molecule has 0 bridgehead atoms. The third-order valence-corrected chi connectivity index (χ3v) is 4.28. The molecular formula is C19H22N2O2. The number of ether oxygens (including phenoxy) is 1. The van der Waals surface area contributed by atoms with Crippen molar-refractivity contribution in [1.29, 1.82) is 0 Å². The lowest BCUT2D eigenvalue weighted by Crippen LogP contribution is -2.17. The molecule has 23 heavy (non-hydrogen) atoms. The minimum atomic E-state index is -0.431. The lowest BCUT2D eigenvalue weighted by Gasteiger charge is -2.20. The van der Waals surface area contributed by atoms with Crippen LogP contribution in [0.1, 0.15) is 30.0 Å². The summed E-state index contributed by atoms with van der Waals surface area (Å²) in [5.41, 5.74) is 3.03. The number of nitrogens with one attached hydrogen (secondary N) is 1. The van der Waals surface area contributed by atoms with Crippen LogP contribution in [0.2, 0.25) is 0 Å². The predicted molar refractivity (Wildman–Crippen MR) is 91.3 cm³/mol. The summed E-state index contributed by atoms with van der Waals surface area (Å²) in [7, 11) is 2.16. The van der Waals surface area contributed by atoms with Gasteiger partial charge in [-0.2, -0.15) is 0 Å². The maximum absolute atomic E-state index is 11.8. The number of likely N-dealkylation sites (tertiary alicyclic amines) is 1. The average molecular weight is 310 g/mol. The van der Waals surface area contributed by atoms with Crippen LogP contribution in [0.25, 0.3) is 0 Å². The first kappa shape index (κ1) is 15.6. The van der Waals surface area contributed by atoms with Gasteiger partial charge in [-0.05, 0) is 49.7 Å². The lowest BCUT2D eigenvalue weighted by atomic mass is 10.0. The molecule has 1 atom stereocenters. The number of hydrogen-bond acceptors (Lipinski definition) is 3. The fraction of sp³-hybridized carbons (Fsp3) is 0.316. The fourth-order valence-corrected chi connectivity index (χ4v) is 3.00. The number of benzene rings is 2. The molecule has 0 radical (unpaired) electrons. The van der Waals surface area contributed by atoms with Crippen molar-refractivity contribution < 1.29 is 9.53 Å². The molecule has 3 rings (SSSR count). The second-order valence-electron chi connectivity index (χ2n) is 5.95. The van der Waals surface area contributed by atoms with Crippen molar-refractivity contribution in [2.24, 2.45) is 0 Å². The van der Waals surface area contributed by atoms with Gasteiger partial charge in [-0.1, -0.05) is 42.5 Å². The van der Waals surface area contributed by atoms with Gasteiger partial charge in [0.2, 0.25) is 0 Å². The Morgan fingerprint density at radius 2 is 1.91 bits per heavy atom. The highest BCUT2D eigenvalue weighted by molar-refractivity contribution is 5.84. The van der Waals surface area contributed by atoms with Gasteiger partial charge in [-0.25, -0.2) is 4.79 Å². The van der Waals surface area contributed by atoms with E-state index in [1.807, 2.05) is 42.5 Å². The number of amides is 1. The summed E-state index contributed by atoms with van der Waals surface area (Å²) in [6.07, 6.45) is 2.01. The molecule has 1 amide bonds. The summed E-state index contributed by atoms with van der Waals surface area (Å²) in [4.78, 5) is 14.2. The minimum Gasteiger partial charge on any atom is -0.444 e. The highest BCUT2D eigenvalue weighted by Gasteiger charge is 2.22. The number of nitrogens with zero attached hydrogens (tertiary/aromatic N) is 1. The van der Waals surface area contributed by atoms with Crippen LogP contribution in [-0.4, -0.2) is 24.6 Å². The van der Waals surface area contributed by atoms with Gasteiger partial charge in [0.25, 0.3) is 0 Å². The average Bonchev–Trinajstić information content (AvgIpc) is 3.01. The first-order valence-corrected chi connectivity index (χ1v) is 8.00. The molecule has 0 aliphatic carbocycles. The van der Waals surface area contributed by atoms with Crippen LogP contribution in [0.4, 0.5) is 10.5 Å². The molecule has 1 unspecified atom stereocenters. The topological polar surface area (TPSA) is 41.6 Å². The van der Waals surface area contributed by atoms with E-state index < -0.39 is 6.09 Å². The normalized spacial score (nSPS) is 17.9. The summed E-state index contributed by atoms with van der Waals surface area (Å²) in [6, 6.07) is 18.2. The van der Waals surface area contributed by atoms with Crippen LogP contribution >= 0.6 is 0 Å². The molecule has 1 aliphatic rings. The second kappa shape index (κ2) is 7.29. The van der Waals surface area contributed by atoms with Crippen molar-refractivity contribution in [1.82, 2.24) is 4.90 Å². The van der Waals surface area contributed by atoms with Crippen LogP contribution in [0.5, 0.6) is 0 Å². The molecular weight excluding hydrogens is 288 g/mol. The van der Waals surface area contributed by atoms with Crippen LogP contribution in [0.3, 0.4) is 0 Å². The van der Waals surface area contributed by atoms with Crippen LogP contribution in [-0.2, 0) is 11.3 Å². The highest BCUT2D eigenvalue weighted by Crippen LogP contribution is 2.30. The first-order chi connectivity index (χ1) is 11.2. The standard InChI is InChI=1S/C19H22N2O2/c1-21-13-5-8-18(21)16-9-11-17(12-10-16)20-19(22)23-14-15-6-3-2-4-7-15/h2-4,6-7,9-12,18H,5,8,13-14H2,1H3,(H,20,22). The van der Waals surface area contributed by atoms with Gasteiger partial charge in [0, 0.05) is 11.7 Å². The highest BCUT2D eigenvalue weighted by atomic mass is 16.5. The number of carbonyl (C=O) groups is 1. The zero-order chi connectivity index (χ0) is 16.1. The molecule has 4 heteroatoms. The number of carbonyl (C=O) groups excluding carboxylic acids is 1. The molecule has 0 aromatic heterocycles. The van der Waals surface area contributed by atoms with E-state index >= 15 is 0 Å². The monoisotopic (exact) mass is 310 g/mol. The number of rotatable bonds is 4. The Labute approximate surface area is 137 Å². The first-order valence-electron chi connectivity index (χ1n) is 8.00. The lowest BCUT2D eigenvalue weighted by molar-refractivity contribution is 0.155. The van der Waals surface area contributed by atoms with E-state index in [2.05, 4.69) is 29.4 Å². The Morgan fingerprint density at radius 1 is 1.17 bits per heavy atom. The molecule has 1 heterocycles. The van der Waals surface area contributed by atoms with E-state index in [0.717, 1.165) is 17.8 Å². The molecule has 2 aromatic carbocycles. The third kappa shape index (κ3) is 4.11. The van der Waals surface area contributed by atoms with Gasteiger partial charge >= 0.3 is 6.09 Å². The molecule has 1 aliphatic heterocycles. The quantitative estimate of drug-likeness (QED) is 0.920. The van der Waals surface area contributed by atoms with Crippen molar-refractivity contribution in [3.63, 3.8) is 0 Å². The van der Waals surface area contributed by atoms with Crippen LogP contribution in [0.15, 0.2) is 54.6 Å². The van der Waals surface area contributed by atoms with Crippen molar-refractivity contribution in [3.8, 4) is 0 Å². The summed E-state index contributed by atoms with van der Waals surface area (Å²) in [6.45, 7) is 1.42. The Hall–Kier alpha value is -2.33. The van der Waals surface area contributed by atoms with E-state index in [1.54, 1.807) is 0 Å². The summed E-state index contributed by atoms with van der Waals surface area (Å²) in [5, 5.41) is 2.77. The molecule has 1 fully saturated rings. The maximum atomic E-state index is 11.8. The van der Waals surface area contributed by atoms with Gasteiger partial charge in [0.15, 0.2) is 0 Å². The van der Waals surface area contributed by atoms with Gasteiger partial charge in [0.05, 0.1) is 0 Å². The van der Waals surface area contributed by atoms with Crippen LogP contribution in [0, 0.1) is 0 Å². The van der Waals surface area contributed by atoms with Crippen molar-refractivity contribution >= 4 is 11.8 Å². The Bertz CT molecular complexity index is 640. The molecule has 1 N–H and O–H groups in total. The zero-order valence-corrected chi connectivity index (χ0v) is 13.4. The minimum absolute atomic E-state index is 0.275. The van der Waals surface area contributed by atoms with E-state index in [4.69, 9.17) is 4.74 Å².